The summed E-state index contributed by atoms with van der Waals surface area (Å²) in [5, 5.41) is 9.95. The summed E-state index contributed by atoms with van der Waals surface area (Å²) in [6.45, 7) is 1.90. The van der Waals surface area contributed by atoms with Gasteiger partial charge in [-0.25, -0.2) is 0 Å². The van der Waals surface area contributed by atoms with Crippen molar-refractivity contribution >= 4 is 0 Å². The van der Waals surface area contributed by atoms with Crippen molar-refractivity contribution in [1.82, 2.24) is 4.90 Å². The third-order valence-corrected chi connectivity index (χ3v) is 4.49. The van der Waals surface area contributed by atoms with Crippen molar-refractivity contribution in [3.63, 3.8) is 0 Å². The second-order valence-corrected chi connectivity index (χ2v) is 5.91. The van der Waals surface area contributed by atoms with E-state index in [1.54, 1.807) is 20.3 Å². The molecule has 1 N–H and O–H groups in total. The van der Waals surface area contributed by atoms with Crippen LogP contribution in [0.3, 0.4) is 0 Å². The summed E-state index contributed by atoms with van der Waals surface area (Å²) < 4.78 is 10.3. The molecule has 2 aromatic rings. The highest BCUT2D eigenvalue weighted by molar-refractivity contribution is 5.41. The molecule has 1 aliphatic heterocycles. The summed E-state index contributed by atoms with van der Waals surface area (Å²) in [5.74, 6) is 1.60. The van der Waals surface area contributed by atoms with Gasteiger partial charge < -0.3 is 14.6 Å². The lowest BCUT2D eigenvalue weighted by molar-refractivity contribution is 0.248. The van der Waals surface area contributed by atoms with E-state index in [0.29, 0.717) is 11.8 Å². The fraction of sp³-hybridized carbons (Fsp3) is 0.368. The summed E-state index contributed by atoms with van der Waals surface area (Å²) in [4.78, 5) is 2.46. The Morgan fingerprint density at radius 2 is 1.87 bits per heavy atom. The third-order valence-electron chi connectivity index (χ3n) is 4.49. The van der Waals surface area contributed by atoms with Gasteiger partial charge in [-0.05, 0) is 54.8 Å². The number of phenols is 1. The SMILES string of the molecule is COc1ccc([C@@H]2CCCN2Cc2ccc(OC)c(O)c2)cc1. The van der Waals surface area contributed by atoms with Crippen molar-refractivity contribution in [2.75, 3.05) is 20.8 Å². The number of benzene rings is 2. The molecule has 0 radical (unpaired) electrons. The van der Waals surface area contributed by atoms with E-state index in [-0.39, 0.29) is 5.75 Å². The summed E-state index contributed by atoms with van der Waals surface area (Å²) in [7, 11) is 3.25. The fourth-order valence-corrected chi connectivity index (χ4v) is 3.29. The van der Waals surface area contributed by atoms with Crippen LogP contribution in [0.1, 0.15) is 30.0 Å². The Kier molecular flexibility index (Phi) is 4.72. The van der Waals surface area contributed by atoms with Gasteiger partial charge in [0.1, 0.15) is 5.75 Å². The van der Waals surface area contributed by atoms with Gasteiger partial charge in [-0.3, -0.25) is 4.90 Å². The van der Waals surface area contributed by atoms with Crippen molar-refractivity contribution in [1.29, 1.82) is 0 Å². The van der Waals surface area contributed by atoms with E-state index in [4.69, 9.17) is 9.47 Å². The molecule has 0 aromatic heterocycles. The van der Waals surface area contributed by atoms with Gasteiger partial charge in [-0.1, -0.05) is 18.2 Å². The Bertz CT molecular complexity index is 654. The first-order chi connectivity index (χ1) is 11.2. The van der Waals surface area contributed by atoms with Crippen molar-refractivity contribution in [2.24, 2.45) is 0 Å². The number of methoxy groups -OCH3 is 2. The number of nitrogens with zero attached hydrogens (tertiary/aromatic N) is 1. The van der Waals surface area contributed by atoms with E-state index in [0.717, 1.165) is 30.8 Å². The molecular weight excluding hydrogens is 290 g/mol. The first-order valence-electron chi connectivity index (χ1n) is 7.95. The molecule has 4 nitrogen and oxygen atoms in total. The topological polar surface area (TPSA) is 41.9 Å². The largest absolute Gasteiger partial charge is 0.504 e. The number of phenolic OH excluding ortho intramolecular Hbond substituents is 1. The van der Waals surface area contributed by atoms with E-state index in [9.17, 15) is 5.11 Å². The molecule has 122 valence electrons. The van der Waals surface area contributed by atoms with Crippen LogP contribution in [0.2, 0.25) is 0 Å². The zero-order valence-corrected chi connectivity index (χ0v) is 13.7. The predicted molar refractivity (Wildman–Crippen MR) is 90.0 cm³/mol. The normalized spacial score (nSPS) is 18.1. The van der Waals surface area contributed by atoms with Crippen LogP contribution in [0.25, 0.3) is 0 Å². The number of aromatic hydroxyl groups is 1. The Hall–Kier alpha value is -2.20. The molecule has 3 rings (SSSR count). The summed E-state index contributed by atoms with van der Waals surface area (Å²) in [6, 6.07) is 14.4. The van der Waals surface area contributed by atoms with E-state index < -0.39 is 0 Å². The molecule has 0 bridgehead atoms. The van der Waals surface area contributed by atoms with E-state index >= 15 is 0 Å². The lowest BCUT2D eigenvalue weighted by atomic mass is 10.0. The van der Waals surface area contributed by atoms with Gasteiger partial charge in [-0.15, -0.1) is 0 Å². The fourth-order valence-electron chi connectivity index (χ4n) is 3.29. The molecule has 23 heavy (non-hydrogen) atoms. The highest BCUT2D eigenvalue weighted by Gasteiger charge is 2.26. The molecule has 4 heteroatoms. The van der Waals surface area contributed by atoms with Gasteiger partial charge in [0.05, 0.1) is 14.2 Å². The average molecular weight is 313 g/mol. The van der Waals surface area contributed by atoms with Crippen LogP contribution in [0, 0.1) is 0 Å². The van der Waals surface area contributed by atoms with Crippen LogP contribution in [0.5, 0.6) is 17.2 Å². The van der Waals surface area contributed by atoms with E-state index in [1.807, 2.05) is 24.3 Å². The third kappa shape index (κ3) is 3.42. The summed E-state index contributed by atoms with van der Waals surface area (Å²) in [5.41, 5.74) is 2.42. The highest BCUT2D eigenvalue weighted by Crippen LogP contribution is 2.35. The van der Waals surface area contributed by atoms with Crippen LogP contribution in [0.15, 0.2) is 42.5 Å². The van der Waals surface area contributed by atoms with Crippen molar-refractivity contribution in [3.8, 4) is 17.2 Å². The highest BCUT2D eigenvalue weighted by atomic mass is 16.5. The van der Waals surface area contributed by atoms with Crippen molar-refractivity contribution < 1.29 is 14.6 Å². The average Bonchev–Trinajstić information content (AvgIpc) is 3.03. The van der Waals surface area contributed by atoms with Gasteiger partial charge in [0.15, 0.2) is 11.5 Å². The van der Waals surface area contributed by atoms with Crippen LogP contribution in [-0.4, -0.2) is 30.8 Å². The molecular formula is C19H23NO3. The van der Waals surface area contributed by atoms with Gasteiger partial charge in [0.25, 0.3) is 0 Å². The van der Waals surface area contributed by atoms with E-state index in [1.165, 1.54) is 12.0 Å². The van der Waals surface area contributed by atoms with Crippen LogP contribution < -0.4 is 9.47 Å². The molecule has 1 aliphatic rings. The number of hydrogen-bond donors (Lipinski definition) is 1. The number of hydrogen-bond acceptors (Lipinski definition) is 4. The number of ether oxygens (including phenoxy) is 2. The second kappa shape index (κ2) is 6.92. The zero-order chi connectivity index (χ0) is 16.2. The summed E-state index contributed by atoms with van der Waals surface area (Å²) >= 11 is 0. The van der Waals surface area contributed by atoms with Gasteiger partial charge in [0, 0.05) is 12.6 Å². The number of likely N-dealkylation sites (tertiary alicyclic amines) is 1. The Morgan fingerprint density at radius 3 is 2.52 bits per heavy atom. The van der Waals surface area contributed by atoms with Gasteiger partial charge >= 0.3 is 0 Å². The first kappa shape index (κ1) is 15.7. The molecule has 0 amide bonds. The van der Waals surface area contributed by atoms with Crippen LogP contribution in [0.4, 0.5) is 0 Å². The number of rotatable bonds is 5. The second-order valence-electron chi connectivity index (χ2n) is 5.91. The monoisotopic (exact) mass is 313 g/mol. The maximum Gasteiger partial charge on any atom is 0.160 e. The van der Waals surface area contributed by atoms with E-state index in [2.05, 4.69) is 17.0 Å². The Morgan fingerprint density at radius 1 is 1.09 bits per heavy atom. The van der Waals surface area contributed by atoms with Crippen molar-refractivity contribution in [3.05, 3.63) is 53.6 Å². The molecule has 0 unspecified atom stereocenters. The molecule has 0 saturated carbocycles. The Balaban J connectivity index is 1.74. The Labute approximate surface area is 137 Å². The van der Waals surface area contributed by atoms with Crippen LogP contribution in [-0.2, 0) is 6.54 Å². The molecule has 0 spiro atoms. The smallest absolute Gasteiger partial charge is 0.160 e. The van der Waals surface area contributed by atoms with Gasteiger partial charge in [-0.2, -0.15) is 0 Å². The molecule has 1 atom stereocenters. The van der Waals surface area contributed by atoms with Crippen LogP contribution >= 0.6 is 0 Å². The first-order valence-corrected chi connectivity index (χ1v) is 7.95. The molecule has 2 aromatic carbocycles. The lowest BCUT2D eigenvalue weighted by Gasteiger charge is -2.25. The van der Waals surface area contributed by atoms with Crippen molar-refractivity contribution in [2.45, 2.75) is 25.4 Å². The minimum Gasteiger partial charge on any atom is -0.504 e. The molecule has 0 aliphatic carbocycles. The molecule has 1 heterocycles. The minimum absolute atomic E-state index is 0.199. The maximum atomic E-state index is 9.95. The quantitative estimate of drug-likeness (QED) is 0.913. The maximum absolute atomic E-state index is 9.95. The molecule has 1 fully saturated rings. The minimum atomic E-state index is 0.199. The lowest BCUT2D eigenvalue weighted by Crippen LogP contribution is -2.22. The standard InChI is InChI=1S/C19H23NO3/c1-22-16-8-6-15(7-9-16)17-4-3-11-20(17)13-14-5-10-19(23-2)18(21)12-14/h5-10,12,17,21H,3-4,11,13H2,1-2H3/t17-/m0/s1. The zero-order valence-electron chi connectivity index (χ0n) is 13.7. The molecule has 1 saturated heterocycles. The summed E-state index contributed by atoms with van der Waals surface area (Å²) in [6.07, 6.45) is 2.35. The van der Waals surface area contributed by atoms with Gasteiger partial charge in [0.2, 0.25) is 0 Å². The predicted octanol–water partition coefficient (Wildman–Crippen LogP) is 3.75.